The lowest BCUT2D eigenvalue weighted by atomic mass is 9.90. The van der Waals surface area contributed by atoms with Crippen LogP contribution in [0.25, 0.3) is 0 Å². The van der Waals surface area contributed by atoms with E-state index < -0.39 is 4.75 Å². The molecule has 2 aliphatic rings. The van der Waals surface area contributed by atoms with E-state index in [0.717, 1.165) is 28.1 Å². The summed E-state index contributed by atoms with van der Waals surface area (Å²) in [5, 5.41) is 10.3. The second-order valence-corrected chi connectivity index (χ2v) is 7.14. The summed E-state index contributed by atoms with van der Waals surface area (Å²) >= 11 is 1.35. The van der Waals surface area contributed by atoms with Crippen LogP contribution in [0, 0.1) is 13.8 Å². The van der Waals surface area contributed by atoms with Crippen LogP contribution in [0.2, 0.25) is 0 Å². The highest BCUT2D eigenvalue weighted by Crippen LogP contribution is 2.54. The highest BCUT2D eigenvalue weighted by atomic mass is 32.2. The molecule has 1 spiro atoms. The summed E-state index contributed by atoms with van der Waals surface area (Å²) in [6.45, 7) is 3.87. The number of amides is 2. The summed E-state index contributed by atoms with van der Waals surface area (Å²) in [6.07, 6.45) is 0. The van der Waals surface area contributed by atoms with Crippen LogP contribution < -0.4 is 10.6 Å². The largest absolute Gasteiger partial charge is 0.324 e. The van der Waals surface area contributed by atoms with Crippen molar-refractivity contribution in [2.24, 2.45) is 7.05 Å². The second kappa shape index (κ2) is 4.61. The summed E-state index contributed by atoms with van der Waals surface area (Å²) < 4.78 is 0.700. The molecule has 1 aromatic heterocycles. The van der Waals surface area contributed by atoms with Crippen molar-refractivity contribution in [1.82, 2.24) is 9.78 Å². The molecular weight excluding hydrogens is 312 g/mol. The van der Waals surface area contributed by atoms with Gasteiger partial charge in [-0.25, -0.2) is 0 Å². The fourth-order valence-corrected chi connectivity index (χ4v) is 4.73. The third kappa shape index (κ3) is 1.80. The number of nitrogens with zero attached hydrogens (tertiary/aromatic N) is 2. The first-order valence-corrected chi connectivity index (χ1v) is 8.32. The standard InChI is InChI=1S/C16H16N4O2S/c1-8-4-5-11-10(6-8)16(15(22)17-11)13-9(2)19-20(3)14(13)18-12(21)7-23-16/h4-6H,7H2,1-3H3,(H,17,22)(H,18,21). The second-order valence-electron chi connectivity index (χ2n) is 5.95. The van der Waals surface area contributed by atoms with E-state index in [1.54, 1.807) is 11.7 Å². The number of aryl methyl sites for hydroxylation is 3. The van der Waals surface area contributed by atoms with Gasteiger partial charge in [-0.3, -0.25) is 14.3 Å². The normalized spacial score (nSPS) is 22.4. The summed E-state index contributed by atoms with van der Waals surface area (Å²) in [5.74, 6) is 0.582. The maximum Gasteiger partial charge on any atom is 0.250 e. The van der Waals surface area contributed by atoms with Gasteiger partial charge in [0.05, 0.1) is 11.4 Å². The molecule has 0 saturated carbocycles. The van der Waals surface area contributed by atoms with Crippen molar-refractivity contribution in [2.45, 2.75) is 18.6 Å². The molecule has 3 heterocycles. The minimum absolute atomic E-state index is 0.114. The molecule has 23 heavy (non-hydrogen) atoms. The van der Waals surface area contributed by atoms with Crippen LogP contribution in [0.1, 0.15) is 22.4 Å². The number of rotatable bonds is 0. The van der Waals surface area contributed by atoms with Gasteiger partial charge in [-0.05, 0) is 19.9 Å². The molecule has 2 N–H and O–H groups in total. The lowest BCUT2D eigenvalue weighted by Gasteiger charge is -2.25. The van der Waals surface area contributed by atoms with Crippen molar-refractivity contribution >= 4 is 35.1 Å². The predicted octanol–water partition coefficient (Wildman–Crippen LogP) is 1.92. The Labute approximate surface area is 137 Å². The van der Waals surface area contributed by atoms with Gasteiger partial charge in [0.25, 0.3) is 0 Å². The third-order valence-electron chi connectivity index (χ3n) is 4.37. The summed E-state index contributed by atoms with van der Waals surface area (Å²) in [6, 6.07) is 5.91. The fourth-order valence-electron chi connectivity index (χ4n) is 3.42. The van der Waals surface area contributed by atoms with E-state index in [1.165, 1.54) is 11.8 Å². The Bertz CT molecular complexity index is 873. The molecular formula is C16H16N4O2S. The number of carbonyl (C=O) groups is 2. The van der Waals surface area contributed by atoms with Crippen LogP contribution in [-0.2, 0) is 21.4 Å². The topological polar surface area (TPSA) is 76.0 Å². The zero-order valence-electron chi connectivity index (χ0n) is 13.1. The lowest BCUT2D eigenvalue weighted by Crippen LogP contribution is -2.33. The van der Waals surface area contributed by atoms with E-state index >= 15 is 0 Å². The maximum atomic E-state index is 13.0. The minimum Gasteiger partial charge on any atom is -0.324 e. The Hall–Kier alpha value is -2.28. The smallest absolute Gasteiger partial charge is 0.250 e. The van der Waals surface area contributed by atoms with Crippen molar-refractivity contribution in [2.75, 3.05) is 16.4 Å². The molecule has 7 heteroatoms. The molecule has 1 unspecified atom stereocenters. The monoisotopic (exact) mass is 328 g/mol. The average Bonchev–Trinajstić information content (AvgIpc) is 2.84. The van der Waals surface area contributed by atoms with Crippen molar-refractivity contribution in [3.05, 3.63) is 40.6 Å². The Morgan fingerprint density at radius 1 is 1.26 bits per heavy atom. The van der Waals surface area contributed by atoms with Gasteiger partial charge >= 0.3 is 0 Å². The highest BCUT2D eigenvalue weighted by Gasteiger charge is 2.53. The number of anilines is 2. The lowest BCUT2D eigenvalue weighted by molar-refractivity contribution is -0.117. The number of hydrogen-bond donors (Lipinski definition) is 2. The predicted molar refractivity (Wildman–Crippen MR) is 89.6 cm³/mol. The Balaban J connectivity index is 2.08. The maximum absolute atomic E-state index is 13.0. The Morgan fingerprint density at radius 3 is 2.83 bits per heavy atom. The molecule has 6 nitrogen and oxygen atoms in total. The van der Waals surface area contributed by atoms with Gasteiger partial charge in [-0.1, -0.05) is 17.7 Å². The van der Waals surface area contributed by atoms with E-state index in [4.69, 9.17) is 0 Å². The van der Waals surface area contributed by atoms with Crippen molar-refractivity contribution in [3.8, 4) is 0 Å². The molecule has 2 amide bonds. The molecule has 0 radical (unpaired) electrons. The minimum atomic E-state index is -0.936. The van der Waals surface area contributed by atoms with Gasteiger partial charge < -0.3 is 10.6 Å². The van der Waals surface area contributed by atoms with E-state index in [-0.39, 0.29) is 17.6 Å². The van der Waals surface area contributed by atoms with Gasteiger partial charge in [0.2, 0.25) is 11.8 Å². The highest BCUT2D eigenvalue weighted by molar-refractivity contribution is 8.01. The number of hydrogen-bond acceptors (Lipinski definition) is 4. The van der Waals surface area contributed by atoms with Gasteiger partial charge in [-0.2, -0.15) is 5.10 Å². The van der Waals surface area contributed by atoms with Crippen molar-refractivity contribution in [3.63, 3.8) is 0 Å². The molecule has 2 aromatic rings. The third-order valence-corrected chi connectivity index (χ3v) is 5.82. The van der Waals surface area contributed by atoms with E-state index in [1.807, 2.05) is 32.0 Å². The number of benzene rings is 1. The first kappa shape index (κ1) is 14.3. The SMILES string of the molecule is Cc1ccc2c(c1)C1(SCC(=O)Nc3c1c(C)nn3C)C(=O)N2. The van der Waals surface area contributed by atoms with Crippen LogP contribution in [0.3, 0.4) is 0 Å². The molecule has 0 aliphatic carbocycles. The molecule has 0 fully saturated rings. The van der Waals surface area contributed by atoms with Crippen LogP contribution in [0.15, 0.2) is 18.2 Å². The van der Waals surface area contributed by atoms with Crippen LogP contribution in [-0.4, -0.2) is 27.3 Å². The Kier molecular flexibility index (Phi) is 2.87. The Morgan fingerprint density at radius 2 is 2.04 bits per heavy atom. The van der Waals surface area contributed by atoms with E-state index in [2.05, 4.69) is 15.7 Å². The van der Waals surface area contributed by atoms with Crippen LogP contribution in [0.4, 0.5) is 11.5 Å². The average molecular weight is 328 g/mol. The van der Waals surface area contributed by atoms with Crippen molar-refractivity contribution < 1.29 is 9.59 Å². The molecule has 0 bridgehead atoms. The first-order valence-electron chi connectivity index (χ1n) is 7.34. The fraction of sp³-hybridized carbons (Fsp3) is 0.312. The molecule has 0 saturated heterocycles. The molecule has 118 valence electrons. The van der Waals surface area contributed by atoms with E-state index in [0.29, 0.717) is 5.82 Å². The molecule has 2 aliphatic heterocycles. The summed E-state index contributed by atoms with van der Waals surface area (Å²) in [7, 11) is 1.78. The molecule has 4 rings (SSSR count). The van der Waals surface area contributed by atoms with Gasteiger partial charge in [0.1, 0.15) is 5.82 Å². The van der Waals surface area contributed by atoms with Crippen molar-refractivity contribution in [1.29, 1.82) is 0 Å². The quantitative estimate of drug-likeness (QED) is 0.775. The van der Waals surface area contributed by atoms with Crippen LogP contribution >= 0.6 is 11.8 Å². The van der Waals surface area contributed by atoms with Gasteiger partial charge in [0, 0.05) is 23.9 Å². The zero-order chi connectivity index (χ0) is 16.4. The number of nitrogens with one attached hydrogen (secondary N) is 2. The molecule has 1 aromatic carbocycles. The summed E-state index contributed by atoms with van der Waals surface area (Å²) in [4.78, 5) is 25.1. The number of carbonyl (C=O) groups excluding carboxylic acids is 2. The molecule has 1 atom stereocenters. The number of fused-ring (bicyclic) bond motifs is 4. The zero-order valence-corrected chi connectivity index (χ0v) is 13.9. The number of thioether (sulfide) groups is 1. The van der Waals surface area contributed by atoms with Crippen LogP contribution in [0.5, 0.6) is 0 Å². The first-order chi connectivity index (χ1) is 10.9. The number of aromatic nitrogens is 2. The van der Waals surface area contributed by atoms with Gasteiger partial charge in [0.15, 0.2) is 4.75 Å². The van der Waals surface area contributed by atoms with E-state index in [9.17, 15) is 9.59 Å². The van der Waals surface area contributed by atoms with Gasteiger partial charge in [-0.15, -0.1) is 11.8 Å². The summed E-state index contributed by atoms with van der Waals surface area (Å²) in [5.41, 5.74) is 4.31.